The molecule has 0 aliphatic heterocycles. The van der Waals surface area contributed by atoms with E-state index < -0.39 is 37.2 Å². The zero-order valence-corrected chi connectivity index (χ0v) is 39.9. The third-order valence-corrected chi connectivity index (χ3v) is 16.2. The number of hydrogen-bond donors (Lipinski definition) is 0. The number of benzene rings is 1. The largest absolute Gasteiger partial charge is 0.494 e. The van der Waals surface area contributed by atoms with Crippen LogP contribution in [0, 0.1) is 35.0 Å². The molecular weight excluding hydrogens is 876 g/mol. The maximum Gasteiger partial charge on any atom is 0.435 e. The lowest BCUT2D eigenvalue weighted by molar-refractivity contribution is -0.457. The first kappa shape index (κ1) is 54.6. The Balaban J connectivity index is 1.04. The van der Waals surface area contributed by atoms with Crippen molar-refractivity contribution in [1.29, 1.82) is 0 Å². The van der Waals surface area contributed by atoms with Crippen molar-refractivity contribution in [2.75, 3.05) is 44.5 Å². The summed E-state index contributed by atoms with van der Waals surface area (Å²) in [7, 11) is 3.91. The van der Waals surface area contributed by atoms with E-state index in [9.17, 15) is 39.5 Å². The van der Waals surface area contributed by atoms with Crippen LogP contribution >= 0.6 is 21.6 Å². The number of aryl methyl sites for hydroxylation is 1. The highest BCUT2D eigenvalue weighted by Gasteiger charge is 2.85. The first-order chi connectivity index (χ1) is 29.7. The zero-order chi connectivity index (χ0) is 46.3. The summed E-state index contributed by atoms with van der Waals surface area (Å²) in [6, 6.07) is 6.47. The van der Waals surface area contributed by atoms with E-state index in [2.05, 4.69) is 57.6 Å². The van der Waals surface area contributed by atoms with E-state index in [-0.39, 0.29) is 18.1 Å². The van der Waals surface area contributed by atoms with Gasteiger partial charge in [0.25, 0.3) is 0 Å². The average molecular weight is 951 g/mol. The lowest BCUT2D eigenvalue weighted by Crippen LogP contribution is -2.67. The Morgan fingerprint density at radius 1 is 0.667 bits per heavy atom. The molecule has 366 valence electrons. The minimum absolute atomic E-state index is 0.242. The monoisotopic (exact) mass is 950 g/mol. The van der Waals surface area contributed by atoms with E-state index in [0.717, 1.165) is 87.4 Å². The molecular formula is C48H75F9O4S2. The molecule has 4 rings (SSSR count). The van der Waals surface area contributed by atoms with E-state index in [1.165, 1.54) is 74.7 Å². The van der Waals surface area contributed by atoms with Crippen molar-refractivity contribution < 1.29 is 58.5 Å². The highest BCUT2D eigenvalue weighted by Crippen LogP contribution is 2.62. The van der Waals surface area contributed by atoms with Crippen LogP contribution in [0.4, 0.5) is 39.5 Å². The van der Waals surface area contributed by atoms with Gasteiger partial charge in [0.15, 0.2) is 0 Å². The minimum Gasteiger partial charge on any atom is -0.494 e. The number of fused-ring (bicyclic) bond motifs is 5. The number of halogens is 9. The van der Waals surface area contributed by atoms with Crippen LogP contribution < -0.4 is 4.74 Å². The maximum atomic E-state index is 13.2. The summed E-state index contributed by atoms with van der Waals surface area (Å²) in [5.41, 5.74) is -3.82. The fourth-order valence-electron chi connectivity index (χ4n) is 10.9. The summed E-state index contributed by atoms with van der Waals surface area (Å²) >= 11 is 0. The summed E-state index contributed by atoms with van der Waals surface area (Å²) in [4.78, 5) is 0. The van der Waals surface area contributed by atoms with Crippen LogP contribution in [0.15, 0.2) is 18.2 Å². The quantitative estimate of drug-likeness (QED) is 0.0452. The van der Waals surface area contributed by atoms with E-state index in [1.54, 1.807) is 0 Å². The Morgan fingerprint density at radius 2 is 1.30 bits per heavy atom. The van der Waals surface area contributed by atoms with Crippen LogP contribution in [0.2, 0.25) is 0 Å². The zero-order valence-electron chi connectivity index (χ0n) is 38.3. The molecule has 5 unspecified atom stereocenters. The van der Waals surface area contributed by atoms with Crippen molar-refractivity contribution in [1.82, 2.24) is 0 Å². The summed E-state index contributed by atoms with van der Waals surface area (Å²) in [5, 5.41) is 0. The maximum absolute atomic E-state index is 13.2. The predicted octanol–water partition coefficient (Wildman–Crippen LogP) is 15.8. The van der Waals surface area contributed by atoms with Crippen LogP contribution in [0.1, 0.15) is 161 Å². The fourth-order valence-corrected chi connectivity index (χ4v) is 12.9. The Morgan fingerprint density at radius 3 is 1.95 bits per heavy atom. The third kappa shape index (κ3) is 15.5. The number of rotatable bonds is 29. The summed E-state index contributed by atoms with van der Waals surface area (Å²) in [6.45, 7) is 12.1. The molecule has 0 radical (unpaired) electrons. The molecule has 15 heteroatoms. The molecule has 0 heterocycles. The molecule has 63 heavy (non-hydrogen) atoms. The van der Waals surface area contributed by atoms with Gasteiger partial charge in [0.2, 0.25) is 0 Å². The van der Waals surface area contributed by atoms with Crippen molar-refractivity contribution in [3.05, 3.63) is 29.3 Å². The lowest BCUT2D eigenvalue weighted by atomic mass is 9.55. The fraction of sp³-hybridized carbons (Fsp3) is 0.875. The number of hydrogen-bond acceptors (Lipinski definition) is 6. The summed E-state index contributed by atoms with van der Waals surface area (Å²) in [5.74, 6) is 6.64. The van der Waals surface area contributed by atoms with E-state index >= 15 is 0 Å². The van der Waals surface area contributed by atoms with Gasteiger partial charge in [-0.25, -0.2) is 0 Å². The molecule has 1 aromatic carbocycles. The molecule has 5 atom stereocenters. The van der Waals surface area contributed by atoms with E-state index in [4.69, 9.17) is 14.2 Å². The van der Waals surface area contributed by atoms with Crippen molar-refractivity contribution in [3.63, 3.8) is 0 Å². The van der Waals surface area contributed by atoms with Crippen molar-refractivity contribution in [3.8, 4) is 5.75 Å². The second-order valence-corrected chi connectivity index (χ2v) is 22.2. The SMILES string of the molecule is CC(C)CC(CCCOCCSSCCCCCCCCCOc1ccc2c(c1)CCC1C2CCC2(C)C(OCCCOC(C(F)(F)F)(C(F)(F)F)C(F)(F)F)CCC12)CC(C)C. The van der Waals surface area contributed by atoms with Gasteiger partial charge in [-0.15, -0.1) is 0 Å². The molecule has 2 fully saturated rings. The highest BCUT2D eigenvalue weighted by molar-refractivity contribution is 8.76. The normalized spacial score (nSPS) is 23.1. The standard InChI is InChI=1S/C48H75F9O4S2/c1-34(2)31-36(32-35(3)4)15-13-24-58-28-30-63-62-29-12-10-8-6-7-9-11-25-59-38-17-19-39-37(33-38)16-18-41-40(39)22-23-44(5)42(41)20-21-43(44)60-26-14-27-61-45(46(49,50)51,47(52,53)54)48(55,56)57/h17,19,33-36,40-43H,6-16,18,20-32H2,1-5H3. The number of unbranched alkanes of at least 4 members (excludes halogenated alkanes) is 6. The van der Waals surface area contributed by atoms with Gasteiger partial charge < -0.3 is 18.9 Å². The van der Waals surface area contributed by atoms with Gasteiger partial charge in [-0.1, -0.05) is 94.4 Å². The number of ether oxygens (including phenoxy) is 4. The van der Waals surface area contributed by atoms with Gasteiger partial charge in [0.1, 0.15) is 5.75 Å². The summed E-state index contributed by atoms with van der Waals surface area (Å²) in [6.07, 6.45) is -2.21. The molecule has 1 aromatic rings. The van der Waals surface area contributed by atoms with Gasteiger partial charge in [-0.05, 0) is 148 Å². The van der Waals surface area contributed by atoms with Crippen molar-refractivity contribution >= 4 is 21.6 Å². The topological polar surface area (TPSA) is 36.9 Å². The Hall–Kier alpha value is -1.03. The molecule has 0 bridgehead atoms. The lowest BCUT2D eigenvalue weighted by Gasteiger charge is -2.50. The Labute approximate surface area is 379 Å². The van der Waals surface area contributed by atoms with E-state index in [0.29, 0.717) is 30.8 Å². The van der Waals surface area contributed by atoms with Crippen LogP contribution in [0.3, 0.4) is 0 Å². The molecule has 4 nitrogen and oxygen atoms in total. The highest BCUT2D eigenvalue weighted by atomic mass is 33.1. The molecule has 0 N–H and O–H groups in total. The van der Waals surface area contributed by atoms with Crippen LogP contribution in [-0.2, 0) is 20.6 Å². The molecule has 0 spiro atoms. The molecule has 3 aliphatic rings. The molecule has 0 aromatic heterocycles. The van der Waals surface area contributed by atoms with Gasteiger partial charge in [-0.3, -0.25) is 0 Å². The molecule has 2 saturated carbocycles. The average Bonchev–Trinajstić information content (AvgIpc) is 3.52. The van der Waals surface area contributed by atoms with Crippen LogP contribution in [0.25, 0.3) is 0 Å². The van der Waals surface area contributed by atoms with Gasteiger partial charge in [0.05, 0.1) is 25.9 Å². The second-order valence-electron chi connectivity index (χ2n) is 19.5. The molecule has 0 saturated heterocycles. The summed E-state index contributed by atoms with van der Waals surface area (Å²) < 4.78 is 141. The molecule has 3 aliphatic carbocycles. The number of alkyl halides is 9. The Bertz CT molecular complexity index is 1410. The van der Waals surface area contributed by atoms with Crippen molar-refractivity contribution in [2.24, 2.45) is 35.0 Å². The van der Waals surface area contributed by atoms with Crippen LogP contribution in [-0.4, -0.2) is 74.8 Å². The van der Waals surface area contributed by atoms with E-state index in [1.807, 2.05) is 21.6 Å². The predicted molar refractivity (Wildman–Crippen MR) is 237 cm³/mol. The smallest absolute Gasteiger partial charge is 0.435 e. The van der Waals surface area contributed by atoms with Crippen molar-refractivity contribution in [2.45, 2.75) is 186 Å². The Kier molecular flexibility index (Phi) is 22.0. The van der Waals surface area contributed by atoms with Crippen LogP contribution in [0.5, 0.6) is 5.75 Å². The van der Waals surface area contributed by atoms with Gasteiger partial charge in [-0.2, -0.15) is 39.5 Å². The van der Waals surface area contributed by atoms with Gasteiger partial charge >= 0.3 is 24.1 Å². The first-order valence-electron chi connectivity index (χ1n) is 23.7. The molecule has 0 amide bonds. The first-order valence-corrected chi connectivity index (χ1v) is 26.2. The second kappa shape index (κ2) is 25.4. The van der Waals surface area contributed by atoms with Gasteiger partial charge in [0, 0.05) is 24.7 Å². The minimum atomic E-state index is -6.73. The third-order valence-electron chi connectivity index (χ3n) is 13.8.